The first-order chi connectivity index (χ1) is 27.0. The summed E-state index contributed by atoms with van der Waals surface area (Å²) in [6, 6.07) is 6.68. The number of aliphatic hydroxyl groups is 4. The maximum atomic E-state index is 14.9. The van der Waals surface area contributed by atoms with E-state index in [4.69, 9.17) is 23.7 Å². The summed E-state index contributed by atoms with van der Waals surface area (Å²) in [5.74, 6) is -5.26. The van der Waals surface area contributed by atoms with Gasteiger partial charge in [-0.05, 0) is 49.0 Å². The molecule has 322 valence electrons. The van der Waals surface area contributed by atoms with Crippen molar-refractivity contribution in [2.75, 3.05) is 13.2 Å². The molecule has 0 aromatic heterocycles. The van der Waals surface area contributed by atoms with Gasteiger partial charge in [-0.3, -0.25) is 9.59 Å². The summed E-state index contributed by atoms with van der Waals surface area (Å²) in [5.41, 5.74) is -8.33. The predicted molar refractivity (Wildman–Crippen MR) is 207 cm³/mol. The SMILES string of the molecule is CCCCCCOC(=O)N[C@H]([C@@H](O)C(=O)O[C@H]1C[C@@]2(O)[C@@H](OC(=O)c3ccccc3)[C@@H]3[C@]4(OC(C)=O)CO[C@@H]4C[C@H](O)[C@@]3(C)C(=O)[C@H](O)C(=C1C)C2(C)C)C(C)(C)C. The Hall–Kier alpha value is -3.89. The lowest BCUT2D eigenvalue weighted by Crippen LogP contribution is -2.81. The first-order valence-corrected chi connectivity index (χ1v) is 20.2. The Morgan fingerprint density at radius 2 is 1.67 bits per heavy atom. The summed E-state index contributed by atoms with van der Waals surface area (Å²) in [6.45, 7) is 14.2. The molecule has 5 rings (SSSR count). The lowest BCUT2D eigenvalue weighted by atomic mass is 9.44. The van der Waals surface area contributed by atoms with E-state index in [0.29, 0.717) is 6.42 Å². The molecule has 15 nitrogen and oxygen atoms in total. The Labute approximate surface area is 339 Å². The van der Waals surface area contributed by atoms with Gasteiger partial charge in [-0.2, -0.15) is 0 Å². The van der Waals surface area contributed by atoms with Crippen LogP contribution in [-0.2, 0) is 38.1 Å². The van der Waals surface area contributed by atoms with Gasteiger partial charge in [0.15, 0.2) is 17.5 Å². The lowest BCUT2D eigenvalue weighted by Gasteiger charge is -2.67. The summed E-state index contributed by atoms with van der Waals surface area (Å²) in [7, 11) is 0. The third-order valence-electron chi connectivity index (χ3n) is 13.2. The highest BCUT2D eigenvalue weighted by Gasteiger charge is 2.78. The van der Waals surface area contributed by atoms with Crippen molar-refractivity contribution < 1.29 is 68.1 Å². The Kier molecular flexibility index (Phi) is 13.0. The smallest absolute Gasteiger partial charge is 0.407 e. The van der Waals surface area contributed by atoms with Gasteiger partial charge >= 0.3 is 24.0 Å². The second kappa shape index (κ2) is 16.6. The average Bonchev–Trinajstić information content (AvgIpc) is 3.14. The van der Waals surface area contributed by atoms with Crippen LogP contribution in [0.1, 0.15) is 111 Å². The number of unbranched alkanes of at least 4 members (excludes halogenated alkanes) is 3. The number of fused-ring (bicyclic) bond motifs is 5. The molecule has 11 atom stereocenters. The number of benzene rings is 1. The highest BCUT2D eigenvalue weighted by Crippen LogP contribution is 2.64. The van der Waals surface area contributed by atoms with Crippen molar-refractivity contribution in [2.24, 2.45) is 22.2 Å². The van der Waals surface area contributed by atoms with Crippen LogP contribution in [0.3, 0.4) is 0 Å². The third-order valence-corrected chi connectivity index (χ3v) is 13.2. The van der Waals surface area contributed by atoms with Crippen molar-refractivity contribution in [3.05, 3.63) is 47.0 Å². The summed E-state index contributed by atoms with van der Waals surface area (Å²) < 4.78 is 29.4. The number of amides is 1. The fourth-order valence-electron chi connectivity index (χ4n) is 9.75. The molecule has 3 fully saturated rings. The normalized spacial score (nSPS) is 33.8. The predicted octanol–water partition coefficient (Wildman–Crippen LogP) is 3.71. The molecule has 0 spiro atoms. The molecule has 1 heterocycles. The van der Waals surface area contributed by atoms with Crippen LogP contribution in [0.2, 0.25) is 0 Å². The van der Waals surface area contributed by atoms with Crippen molar-refractivity contribution in [3.8, 4) is 0 Å². The molecule has 2 saturated carbocycles. The van der Waals surface area contributed by atoms with Crippen LogP contribution in [0.25, 0.3) is 0 Å². The van der Waals surface area contributed by atoms with E-state index < -0.39 is 112 Å². The van der Waals surface area contributed by atoms with Crippen LogP contribution in [0.4, 0.5) is 4.79 Å². The van der Waals surface area contributed by atoms with E-state index in [0.717, 1.165) is 26.2 Å². The third kappa shape index (κ3) is 7.80. The topological polar surface area (TPSA) is 224 Å². The van der Waals surface area contributed by atoms with Gasteiger partial charge in [-0.1, -0.05) is 79.0 Å². The minimum Gasteiger partial charge on any atom is -0.456 e. The van der Waals surface area contributed by atoms with E-state index in [2.05, 4.69) is 12.2 Å². The van der Waals surface area contributed by atoms with Gasteiger partial charge in [-0.25, -0.2) is 14.4 Å². The van der Waals surface area contributed by atoms with E-state index >= 15 is 0 Å². The van der Waals surface area contributed by atoms with E-state index in [1.54, 1.807) is 52.8 Å². The second-order valence-electron chi connectivity index (χ2n) is 18.2. The molecule has 5 N–H and O–H groups in total. The maximum Gasteiger partial charge on any atom is 0.407 e. The zero-order valence-electron chi connectivity index (χ0n) is 35.0. The number of hydrogen-bond donors (Lipinski definition) is 5. The Balaban J connectivity index is 1.60. The van der Waals surface area contributed by atoms with Crippen LogP contribution in [-0.4, -0.2) is 117 Å². The van der Waals surface area contributed by atoms with Gasteiger partial charge in [0, 0.05) is 25.2 Å². The fraction of sp³-hybridized carbons (Fsp3) is 0.698. The molecule has 1 aliphatic heterocycles. The van der Waals surface area contributed by atoms with Crippen LogP contribution in [0.15, 0.2) is 41.5 Å². The summed E-state index contributed by atoms with van der Waals surface area (Å²) >= 11 is 0. The molecule has 3 aliphatic carbocycles. The molecule has 2 bridgehead atoms. The summed E-state index contributed by atoms with van der Waals surface area (Å²) in [6.07, 6.45) is -7.67. The highest BCUT2D eigenvalue weighted by molar-refractivity contribution is 5.94. The zero-order valence-corrected chi connectivity index (χ0v) is 35.0. The lowest BCUT2D eigenvalue weighted by molar-refractivity contribution is -0.346. The van der Waals surface area contributed by atoms with Crippen LogP contribution in [0, 0.1) is 22.2 Å². The van der Waals surface area contributed by atoms with E-state index in [1.807, 2.05) is 0 Å². The number of hydrogen-bond acceptors (Lipinski definition) is 14. The van der Waals surface area contributed by atoms with Gasteiger partial charge in [0.2, 0.25) is 0 Å². The van der Waals surface area contributed by atoms with Crippen LogP contribution >= 0.6 is 0 Å². The van der Waals surface area contributed by atoms with Gasteiger partial charge in [0.05, 0.1) is 42.3 Å². The number of carbonyl (C=O) groups excluding carboxylic acids is 5. The molecule has 58 heavy (non-hydrogen) atoms. The number of ether oxygens (including phenoxy) is 5. The molecule has 1 aromatic carbocycles. The first-order valence-electron chi connectivity index (χ1n) is 20.2. The standard InChI is InChI=1S/C43H61NO14/c1-10-11-12-16-19-54-38(52)44-33(39(4,5)6)31(48)37(51)56-26-21-43(53)35(57-36(50)25-17-14-13-15-18-25)32-41(9,34(49)30(47)29(23(26)2)40(43,7)8)27(46)20-28-42(32,22-55-28)58-24(3)45/h13-15,17-18,26-28,30-33,35,46-48,53H,10-12,16,19-22H2,1-9H3,(H,44,52)/t26-,27-,28+,30+,31+,32-,33+,35-,41+,42-,43+/m0/s1. The van der Waals surface area contributed by atoms with Gasteiger partial charge in [-0.15, -0.1) is 0 Å². The highest BCUT2D eigenvalue weighted by atomic mass is 16.6. The molecular weight excluding hydrogens is 754 g/mol. The monoisotopic (exact) mass is 815 g/mol. The van der Waals surface area contributed by atoms with Crippen molar-refractivity contribution in [2.45, 2.75) is 155 Å². The maximum absolute atomic E-state index is 14.9. The first kappa shape index (κ1) is 45.2. The fourth-order valence-corrected chi connectivity index (χ4v) is 9.75. The number of rotatable bonds is 12. The minimum absolute atomic E-state index is 0.0446. The number of ketones is 1. The van der Waals surface area contributed by atoms with Crippen molar-refractivity contribution in [3.63, 3.8) is 0 Å². The number of esters is 3. The van der Waals surface area contributed by atoms with E-state index in [1.165, 1.54) is 26.0 Å². The summed E-state index contributed by atoms with van der Waals surface area (Å²) in [5, 5.41) is 51.5. The largest absolute Gasteiger partial charge is 0.456 e. The quantitative estimate of drug-likeness (QED) is 0.0879. The van der Waals surface area contributed by atoms with Crippen molar-refractivity contribution in [1.82, 2.24) is 5.32 Å². The number of Topliss-reactive ketones (excluding diaryl/α,β-unsaturated/α-hetero) is 1. The molecular formula is C43H61NO14. The number of alkyl carbamates (subject to hydrolysis) is 1. The van der Waals surface area contributed by atoms with Gasteiger partial charge in [0.25, 0.3) is 0 Å². The van der Waals surface area contributed by atoms with Crippen LogP contribution in [0.5, 0.6) is 0 Å². The average molecular weight is 816 g/mol. The van der Waals surface area contributed by atoms with Crippen LogP contribution < -0.4 is 5.32 Å². The molecule has 4 aliphatic rings. The van der Waals surface area contributed by atoms with E-state index in [9.17, 15) is 44.4 Å². The molecule has 1 saturated heterocycles. The molecule has 15 heteroatoms. The zero-order chi connectivity index (χ0) is 43.2. The molecule has 1 aromatic rings. The molecule has 1 amide bonds. The van der Waals surface area contributed by atoms with Crippen molar-refractivity contribution in [1.29, 1.82) is 0 Å². The Bertz CT molecular complexity index is 1770. The molecule has 0 radical (unpaired) electrons. The Morgan fingerprint density at radius 1 is 1.02 bits per heavy atom. The van der Waals surface area contributed by atoms with Gasteiger partial charge in [0.1, 0.15) is 30.0 Å². The second-order valence-corrected chi connectivity index (χ2v) is 18.2. The Morgan fingerprint density at radius 3 is 2.24 bits per heavy atom. The van der Waals surface area contributed by atoms with Crippen molar-refractivity contribution >= 4 is 29.8 Å². The number of nitrogens with one attached hydrogen (secondary N) is 1. The summed E-state index contributed by atoms with van der Waals surface area (Å²) in [4.78, 5) is 68.7. The number of carbonyl (C=O) groups is 5. The minimum atomic E-state index is -2.33. The molecule has 0 unspecified atom stereocenters. The van der Waals surface area contributed by atoms with E-state index in [-0.39, 0.29) is 36.3 Å². The number of aliphatic hydroxyl groups excluding tert-OH is 3. The van der Waals surface area contributed by atoms with Gasteiger partial charge < -0.3 is 49.4 Å².